The lowest BCUT2D eigenvalue weighted by molar-refractivity contribution is -0.137. The number of fused-ring (bicyclic) bond motifs is 1. The monoisotopic (exact) mass is 585 g/mol. The molecule has 1 aliphatic heterocycles. The Bertz CT molecular complexity index is 1640. The van der Waals surface area contributed by atoms with Gasteiger partial charge >= 0.3 is 6.18 Å². The fourth-order valence-electron chi connectivity index (χ4n) is 4.84. The van der Waals surface area contributed by atoms with Crippen molar-refractivity contribution in [2.24, 2.45) is 5.41 Å². The molecule has 0 saturated heterocycles. The van der Waals surface area contributed by atoms with E-state index in [0.717, 1.165) is 36.6 Å². The van der Waals surface area contributed by atoms with Crippen LogP contribution < -0.4 is 10.1 Å². The van der Waals surface area contributed by atoms with Crippen LogP contribution in [0.25, 0.3) is 11.3 Å². The molecule has 0 atom stereocenters. The fourth-order valence-corrected chi connectivity index (χ4v) is 6.02. The number of aromatic nitrogens is 3. The summed E-state index contributed by atoms with van der Waals surface area (Å²) in [6, 6.07) is 13.9. The number of alkyl halides is 3. The molecule has 0 unspecified atom stereocenters. The highest BCUT2D eigenvalue weighted by atomic mass is 32.2. The molecule has 0 saturated carbocycles. The van der Waals surface area contributed by atoms with Gasteiger partial charge in [0.05, 0.1) is 23.3 Å². The molecule has 4 aromatic rings. The van der Waals surface area contributed by atoms with Gasteiger partial charge in [-0.1, -0.05) is 26.0 Å². The molecular weight excluding hydrogens is 555 g/mol. The van der Waals surface area contributed by atoms with E-state index in [0.29, 0.717) is 22.7 Å². The van der Waals surface area contributed by atoms with E-state index in [1.807, 2.05) is 10.8 Å². The largest absolute Gasteiger partial charge is 0.497 e. The van der Waals surface area contributed by atoms with Crippen LogP contribution in [0.5, 0.6) is 5.75 Å². The van der Waals surface area contributed by atoms with E-state index in [4.69, 9.17) is 9.72 Å². The lowest BCUT2D eigenvalue weighted by Gasteiger charge is -2.19. The highest BCUT2D eigenvalue weighted by molar-refractivity contribution is 7.89. The average molecular weight is 586 g/mol. The van der Waals surface area contributed by atoms with Gasteiger partial charge in [-0.2, -0.15) is 17.5 Å². The Kier molecular flexibility index (Phi) is 7.33. The van der Waals surface area contributed by atoms with Crippen LogP contribution in [0.15, 0.2) is 71.9 Å². The van der Waals surface area contributed by atoms with Crippen molar-refractivity contribution in [3.8, 4) is 17.0 Å². The first-order valence-electron chi connectivity index (χ1n) is 12.9. The molecule has 0 amide bonds. The second kappa shape index (κ2) is 10.5. The molecule has 0 fully saturated rings. The zero-order chi connectivity index (χ0) is 29.6. The highest BCUT2D eigenvalue weighted by Crippen LogP contribution is 2.37. The van der Waals surface area contributed by atoms with Gasteiger partial charge in [0.1, 0.15) is 17.4 Å². The van der Waals surface area contributed by atoms with Gasteiger partial charge in [-0.05, 0) is 53.4 Å². The van der Waals surface area contributed by atoms with E-state index < -0.39 is 21.8 Å². The number of sulfonamides is 1. The first kappa shape index (κ1) is 28.6. The Morgan fingerprint density at radius 3 is 2.44 bits per heavy atom. The molecule has 0 radical (unpaired) electrons. The summed E-state index contributed by atoms with van der Waals surface area (Å²) in [5, 5.41) is 3.04. The molecule has 8 nitrogen and oxygen atoms in total. The third-order valence-electron chi connectivity index (χ3n) is 6.99. The number of nitrogens with one attached hydrogen (secondary N) is 1. The number of imidazole rings is 1. The third-order valence-corrected chi connectivity index (χ3v) is 8.79. The van der Waals surface area contributed by atoms with E-state index in [9.17, 15) is 21.6 Å². The molecule has 41 heavy (non-hydrogen) atoms. The number of nitrogens with zero attached hydrogens (tertiary/aromatic N) is 4. The summed E-state index contributed by atoms with van der Waals surface area (Å²) < 4.78 is 74.8. The van der Waals surface area contributed by atoms with Gasteiger partial charge in [0.25, 0.3) is 0 Å². The van der Waals surface area contributed by atoms with Gasteiger partial charge in [-0.15, -0.1) is 0 Å². The summed E-state index contributed by atoms with van der Waals surface area (Å²) in [5.74, 6) is 1.73. The standard InChI is InChI=1S/C29H30F3N5O3S/c1-28(2)14-27-35-25(17-37(27)18-28)23-13-22(41(38,39)36(3)16-19-5-8-21(40-4)9-6-19)10-11-24(23)34-26-12-7-20(15-33-26)29(30,31)32/h5-13,15,17H,14,16,18H2,1-4H3,(H,33,34). The lowest BCUT2D eigenvalue weighted by atomic mass is 9.92. The Balaban J connectivity index is 1.49. The van der Waals surface area contributed by atoms with Gasteiger partial charge in [-0.3, -0.25) is 0 Å². The minimum absolute atomic E-state index is 0.0570. The molecule has 3 heterocycles. The normalized spacial score (nSPS) is 14.7. The summed E-state index contributed by atoms with van der Waals surface area (Å²) in [4.78, 5) is 8.76. The van der Waals surface area contributed by atoms with Crippen molar-refractivity contribution < 1.29 is 26.3 Å². The second-order valence-electron chi connectivity index (χ2n) is 10.9. The topological polar surface area (TPSA) is 89.4 Å². The first-order chi connectivity index (χ1) is 19.2. The van der Waals surface area contributed by atoms with E-state index >= 15 is 0 Å². The predicted octanol–water partition coefficient (Wildman–Crippen LogP) is 6.12. The summed E-state index contributed by atoms with van der Waals surface area (Å²) in [5.41, 5.74) is 1.49. The molecular formula is C29H30F3N5O3S. The first-order valence-corrected chi connectivity index (χ1v) is 14.3. The van der Waals surface area contributed by atoms with Crippen molar-refractivity contribution in [3.05, 3.63) is 83.9 Å². The molecule has 0 spiro atoms. The predicted molar refractivity (Wildman–Crippen MR) is 149 cm³/mol. The number of hydrogen-bond donors (Lipinski definition) is 1. The zero-order valence-electron chi connectivity index (χ0n) is 23.0. The van der Waals surface area contributed by atoms with Gasteiger partial charge in [0.2, 0.25) is 10.0 Å². The summed E-state index contributed by atoms with van der Waals surface area (Å²) in [7, 11) is -0.844. The summed E-state index contributed by atoms with van der Waals surface area (Å²) >= 11 is 0. The van der Waals surface area contributed by atoms with Crippen LogP contribution in [-0.4, -0.2) is 41.4 Å². The molecule has 2 aromatic carbocycles. The molecule has 1 N–H and O–H groups in total. The van der Waals surface area contributed by atoms with Crippen LogP contribution >= 0.6 is 0 Å². The maximum Gasteiger partial charge on any atom is 0.417 e. The molecule has 1 aliphatic rings. The third kappa shape index (κ3) is 6.08. The fraction of sp³-hybridized carbons (Fsp3) is 0.310. The minimum Gasteiger partial charge on any atom is -0.497 e. The van der Waals surface area contributed by atoms with Crippen LogP contribution in [0.1, 0.15) is 30.8 Å². The van der Waals surface area contributed by atoms with E-state index in [2.05, 4.69) is 24.1 Å². The van der Waals surface area contributed by atoms with Crippen LogP contribution in [0, 0.1) is 5.41 Å². The zero-order valence-corrected chi connectivity index (χ0v) is 23.8. The Labute approximate surface area is 236 Å². The number of anilines is 2. The number of halogens is 3. The van der Waals surface area contributed by atoms with E-state index in [1.165, 1.54) is 29.6 Å². The second-order valence-corrected chi connectivity index (χ2v) is 12.9. The van der Waals surface area contributed by atoms with Crippen LogP contribution in [0.2, 0.25) is 0 Å². The van der Waals surface area contributed by atoms with Crippen LogP contribution in [-0.2, 0) is 35.7 Å². The number of rotatable bonds is 8. The maximum atomic E-state index is 13.6. The van der Waals surface area contributed by atoms with E-state index in [1.54, 1.807) is 37.4 Å². The van der Waals surface area contributed by atoms with Crippen molar-refractivity contribution in [3.63, 3.8) is 0 Å². The van der Waals surface area contributed by atoms with Gasteiger partial charge in [-0.25, -0.2) is 18.4 Å². The molecule has 0 bridgehead atoms. The summed E-state index contributed by atoms with van der Waals surface area (Å²) in [6.45, 7) is 5.21. The van der Waals surface area contributed by atoms with Crippen molar-refractivity contribution in [2.45, 2.75) is 44.4 Å². The number of hydrogen-bond acceptors (Lipinski definition) is 6. The van der Waals surface area contributed by atoms with Gasteiger partial charge < -0.3 is 14.6 Å². The molecule has 216 valence electrons. The quantitative estimate of drug-likeness (QED) is 0.268. The van der Waals surface area contributed by atoms with Crippen molar-refractivity contribution in [2.75, 3.05) is 19.5 Å². The number of methoxy groups -OCH3 is 1. The Morgan fingerprint density at radius 2 is 1.83 bits per heavy atom. The average Bonchev–Trinajstić information content (AvgIpc) is 3.42. The molecule has 5 rings (SSSR count). The maximum absolute atomic E-state index is 13.6. The van der Waals surface area contributed by atoms with E-state index in [-0.39, 0.29) is 22.7 Å². The Morgan fingerprint density at radius 1 is 1.10 bits per heavy atom. The number of pyridine rings is 1. The van der Waals surface area contributed by atoms with Crippen LogP contribution in [0.4, 0.5) is 24.7 Å². The number of benzene rings is 2. The minimum atomic E-state index is -4.50. The van der Waals surface area contributed by atoms with Gasteiger partial charge in [0.15, 0.2) is 0 Å². The SMILES string of the molecule is COc1ccc(CN(C)S(=O)(=O)c2ccc(Nc3ccc(C(F)(F)F)cn3)c(-c3cn4c(n3)CC(C)(C)C4)c2)cc1. The van der Waals surface area contributed by atoms with Gasteiger partial charge in [0, 0.05) is 50.2 Å². The van der Waals surface area contributed by atoms with Crippen molar-refractivity contribution >= 4 is 21.5 Å². The molecule has 0 aliphatic carbocycles. The Hall–Kier alpha value is -3.90. The molecule has 2 aromatic heterocycles. The van der Waals surface area contributed by atoms with Crippen molar-refractivity contribution in [1.82, 2.24) is 18.8 Å². The molecule has 12 heteroatoms. The summed E-state index contributed by atoms with van der Waals surface area (Å²) in [6.07, 6.45) is -1.11. The smallest absolute Gasteiger partial charge is 0.417 e. The highest BCUT2D eigenvalue weighted by Gasteiger charge is 2.32. The van der Waals surface area contributed by atoms with Crippen molar-refractivity contribution in [1.29, 1.82) is 0 Å². The lowest BCUT2D eigenvalue weighted by Crippen LogP contribution is -2.26. The van der Waals surface area contributed by atoms with Crippen LogP contribution in [0.3, 0.4) is 0 Å². The number of ether oxygens (including phenoxy) is 1.